The number of halogens is 2. The van der Waals surface area contributed by atoms with Crippen molar-refractivity contribution in [3.63, 3.8) is 0 Å². The lowest BCUT2D eigenvalue weighted by Gasteiger charge is -2.37. The first-order chi connectivity index (χ1) is 9.13. The second kappa shape index (κ2) is 6.66. The van der Waals surface area contributed by atoms with Gasteiger partial charge in [-0.15, -0.1) is 0 Å². The van der Waals surface area contributed by atoms with Crippen LogP contribution in [-0.2, 0) is 4.74 Å². The maximum atomic E-state index is 13.2. The molecule has 2 N–H and O–H groups in total. The van der Waals surface area contributed by atoms with E-state index >= 15 is 0 Å². The van der Waals surface area contributed by atoms with E-state index in [-0.39, 0.29) is 11.1 Å². The SMILES string of the molecule is CN(C1CCOCC1)C(CN)c1ccc(F)c(Cl)c1. The molecule has 0 amide bonds. The second-order valence-corrected chi connectivity index (χ2v) is 5.34. The monoisotopic (exact) mass is 286 g/mol. The van der Waals surface area contributed by atoms with Crippen LogP contribution in [0.5, 0.6) is 0 Å². The molecule has 1 aromatic carbocycles. The number of rotatable bonds is 4. The summed E-state index contributed by atoms with van der Waals surface area (Å²) in [7, 11) is 2.06. The van der Waals surface area contributed by atoms with Crippen LogP contribution in [0.3, 0.4) is 0 Å². The Morgan fingerprint density at radius 2 is 2.16 bits per heavy atom. The summed E-state index contributed by atoms with van der Waals surface area (Å²) in [5.41, 5.74) is 6.85. The van der Waals surface area contributed by atoms with Gasteiger partial charge in [-0.25, -0.2) is 4.39 Å². The van der Waals surface area contributed by atoms with Crippen molar-refractivity contribution in [3.8, 4) is 0 Å². The number of likely N-dealkylation sites (N-methyl/N-ethyl adjacent to an activating group) is 1. The molecule has 1 heterocycles. The minimum atomic E-state index is -0.394. The number of ether oxygens (including phenoxy) is 1. The van der Waals surface area contributed by atoms with Crippen LogP contribution < -0.4 is 5.73 Å². The molecule has 0 aliphatic carbocycles. The van der Waals surface area contributed by atoms with Gasteiger partial charge in [0.05, 0.1) is 5.02 Å². The molecule has 1 unspecified atom stereocenters. The van der Waals surface area contributed by atoms with Gasteiger partial charge in [0.15, 0.2) is 0 Å². The van der Waals surface area contributed by atoms with Crippen molar-refractivity contribution in [2.75, 3.05) is 26.8 Å². The molecular formula is C14H20ClFN2O. The Kier molecular flexibility index (Phi) is 5.16. The van der Waals surface area contributed by atoms with Gasteiger partial charge in [-0.3, -0.25) is 4.90 Å². The van der Waals surface area contributed by atoms with E-state index in [1.807, 2.05) is 0 Å². The van der Waals surface area contributed by atoms with Gasteiger partial charge in [-0.05, 0) is 37.6 Å². The van der Waals surface area contributed by atoms with Gasteiger partial charge in [0, 0.05) is 31.8 Å². The van der Waals surface area contributed by atoms with Crippen molar-refractivity contribution in [1.29, 1.82) is 0 Å². The minimum absolute atomic E-state index is 0.0567. The minimum Gasteiger partial charge on any atom is -0.381 e. The van der Waals surface area contributed by atoms with Crippen LogP contribution in [0.25, 0.3) is 0 Å². The molecule has 2 rings (SSSR count). The third-order valence-corrected chi connectivity index (χ3v) is 4.10. The molecule has 1 atom stereocenters. The van der Waals surface area contributed by atoms with Crippen molar-refractivity contribution in [2.24, 2.45) is 5.73 Å². The van der Waals surface area contributed by atoms with Crippen LogP contribution in [0.2, 0.25) is 5.02 Å². The van der Waals surface area contributed by atoms with E-state index in [0.29, 0.717) is 12.6 Å². The van der Waals surface area contributed by atoms with E-state index in [9.17, 15) is 4.39 Å². The quantitative estimate of drug-likeness (QED) is 0.925. The topological polar surface area (TPSA) is 38.5 Å². The molecule has 1 saturated heterocycles. The first-order valence-corrected chi connectivity index (χ1v) is 6.96. The summed E-state index contributed by atoms with van der Waals surface area (Å²) in [4.78, 5) is 2.26. The molecule has 106 valence electrons. The Bertz CT molecular complexity index is 424. The Morgan fingerprint density at radius 3 is 2.74 bits per heavy atom. The van der Waals surface area contributed by atoms with Crippen molar-refractivity contribution in [1.82, 2.24) is 4.90 Å². The van der Waals surface area contributed by atoms with Gasteiger partial charge < -0.3 is 10.5 Å². The predicted octanol–water partition coefficient (Wildman–Crippen LogP) is 2.59. The van der Waals surface area contributed by atoms with Crippen molar-refractivity contribution >= 4 is 11.6 Å². The van der Waals surface area contributed by atoms with Crippen molar-refractivity contribution < 1.29 is 9.13 Å². The summed E-state index contributed by atoms with van der Waals surface area (Å²) in [5.74, 6) is -0.394. The molecule has 0 saturated carbocycles. The third kappa shape index (κ3) is 3.45. The van der Waals surface area contributed by atoms with Crippen LogP contribution in [0.15, 0.2) is 18.2 Å². The number of nitrogens with two attached hydrogens (primary N) is 1. The molecule has 0 radical (unpaired) electrons. The maximum absolute atomic E-state index is 13.2. The normalized spacial score (nSPS) is 18.8. The molecule has 1 fully saturated rings. The lowest BCUT2D eigenvalue weighted by molar-refractivity contribution is 0.0294. The van der Waals surface area contributed by atoms with Gasteiger partial charge in [-0.2, -0.15) is 0 Å². The van der Waals surface area contributed by atoms with Gasteiger partial charge in [0.25, 0.3) is 0 Å². The van der Waals surface area contributed by atoms with Crippen LogP contribution in [0.4, 0.5) is 4.39 Å². The number of benzene rings is 1. The van der Waals surface area contributed by atoms with Crippen LogP contribution in [-0.4, -0.2) is 37.7 Å². The third-order valence-electron chi connectivity index (χ3n) is 3.81. The molecule has 5 heteroatoms. The molecular weight excluding hydrogens is 267 g/mol. The Labute approximate surface area is 118 Å². The highest BCUT2D eigenvalue weighted by Gasteiger charge is 2.25. The number of nitrogens with zero attached hydrogens (tertiary/aromatic N) is 1. The molecule has 1 aliphatic rings. The highest BCUT2D eigenvalue weighted by Crippen LogP contribution is 2.27. The van der Waals surface area contributed by atoms with E-state index < -0.39 is 5.82 Å². The van der Waals surface area contributed by atoms with Gasteiger partial charge in [0.2, 0.25) is 0 Å². The molecule has 0 spiro atoms. The highest BCUT2D eigenvalue weighted by atomic mass is 35.5. The first-order valence-electron chi connectivity index (χ1n) is 6.58. The van der Waals surface area contributed by atoms with E-state index in [1.54, 1.807) is 12.1 Å². The second-order valence-electron chi connectivity index (χ2n) is 4.93. The van der Waals surface area contributed by atoms with E-state index in [2.05, 4.69) is 11.9 Å². The number of hydrogen-bond donors (Lipinski definition) is 1. The van der Waals surface area contributed by atoms with Gasteiger partial charge in [-0.1, -0.05) is 17.7 Å². The predicted molar refractivity (Wildman–Crippen MR) is 74.8 cm³/mol. The Balaban J connectivity index is 2.15. The van der Waals surface area contributed by atoms with Crippen LogP contribution in [0.1, 0.15) is 24.4 Å². The highest BCUT2D eigenvalue weighted by molar-refractivity contribution is 6.30. The van der Waals surface area contributed by atoms with Crippen molar-refractivity contribution in [3.05, 3.63) is 34.6 Å². The van der Waals surface area contributed by atoms with E-state index in [4.69, 9.17) is 22.1 Å². The average Bonchev–Trinajstić information content (AvgIpc) is 2.44. The summed E-state index contributed by atoms with van der Waals surface area (Å²) >= 11 is 5.85. The van der Waals surface area contributed by atoms with Crippen molar-refractivity contribution in [2.45, 2.75) is 24.9 Å². The summed E-state index contributed by atoms with van der Waals surface area (Å²) in [6.45, 7) is 2.06. The van der Waals surface area contributed by atoms with Crippen LogP contribution in [0, 0.1) is 5.82 Å². The zero-order valence-electron chi connectivity index (χ0n) is 11.1. The molecule has 0 aromatic heterocycles. The first kappa shape index (κ1) is 14.7. The molecule has 0 bridgehead atoms. The maximum Gasteiger partial charge on any atom is 0.141 e. The fourth-order valence-corrected chi connectivity index (χ4v) is 2.79. The standard InChI is InChI=1S/C14H20ClFN2O/c1-18(11-4-6-19-7-5-11)14(9-17)10-2-3-13(16)12(15)8-10/h2-3,8,11,14H,4-7,9,17H2,1H3. The zero-order chi connectivity index (χ0) is 13.8. The number of hydrogen-bond acceptors (Lipinski definition) is 3. The average molecular weight is 287 g/mol. The Hall–Kier alpha value is -0.680. The molecule has 19 heavy (non-hydrogen) atoms. The summed E-state index contributed by atoms with van der Waals surface area (Å²) in [5, 5.41) is 0.149. The van der Waals surface area contributed by atoms with E-state index in [0.717, 1.165) is 31.6 Å². The fourth-order valence-electron chi connectivity index (χ4n) is 2.60. The summed E-state index contributed by atoms with van der Waals surface area (Å²) < 4.78 is 18.6. The van der Waals surface area contributed by atoms with Gasteiger partial charge in [0.1, 0.15) is 5.82 Å². The van der Waals surface area contributed by atoms with Crippen LogP contribution >= 0.6 is 11.6 Å². The summed E-state index contributed by atoms with van der Waals surface area (Å²) in [6, 6.07) is 5.34. The smallest absolute Gasteiger partial charge is 0.141 e. The zero-order valence-corrected chi connectivity index (χ0v) is 11.9. The largest absolute Gasteiger partial charge is 0.381 e. The summed E-state index contributed by atoms with van der Waals surface area (Å²) in [6.07, 6.45) is 2.00. The molecule has 3 nitrogen and oxygen atoms in total. The molecule has 1 aromatic rings. The van der Waals surface area contributed by atoms with E-state index in [1.165, 1.54) is 6.07 Å². The van der Waals surface area contributed by atoms with Gasteiger partial charge >= 0.3 is 0 Å². The Morgan fingerprint density at radius 1 is 1.47 bits per heavy atom. The lowest BCUT2D eigenvalue weighted by Crippen LogP contribution is -2.41. The lowest BCUT2D eigenvalue weighted by atomic mass is 10.0. The molecule has 1 aliphatic heterocycles. The fraction of sp³-hybridized carbons (Fsp3) is 0.571.